The van der Waals surface area contributed by atoms with Crippen molar-refractivity contribution in [2.75, 3.05) is 0 Å². The number of nitrogens with zero attached hydrogens (tertiary/aromatic N) is 3. The van der Waals surface area contributed by atoms with Crippen molar-refractivity contribution in [1.82, 2.24) is 9.55 Å². The highest BCUT2D eigenvalue weighted by Gasteiger charge is 2.10. The van der Waals surface area contributed by atoms with Crippen molar-refractivity contribution in [1.29, 1.82) is 0 Å². The number of fused-ring (bicyclic) bond motifs is 1. The Hall–Kier alpha value is -2.73. The van der Waals surface area contributed by atoms with Crippen LogP contribution in [-0.4, -0.2) is 14.5 Å². The molecular formula is C15H13N3O3. The topological polar surface area (TPSA) is 70.2 Å². The second-order valence-electron chi connectivity index (χ2n) is 4.61. The van der Waals surface area contributed by atoms with Gasteiger partial charge in [-0.05, 0) is 11.6 Å². The van der Waals surface area contributed by atoms with Crippen molar-refractivity contribution in [3.05, 3.63) is 70.5 Å². The van der Waals surface area contributed by atoms with Crippen LogP contribution in [0.2, 0.25) is 0 Å². The summed E-state index contributed by atoms with van der Waals surface area (Å²) in [7, 11) is 0. The average molecular weight is 283 g/mol. The molecule has 6 nitrogen and oxygen atoms in total. The number of hydrogen-bond donors (Lipinski definition) is 0. The Kier molecular flexibility index (Phi) is 3.61. The highest BCUT2D eigenvalue weighted by atomic mass is 16.6. The molecule has 0 bridgehead atoms. The van der Waals surface area contributed by atoms with Gasteiger partial charge in [-0.2, -0.15) is 0 Å². The third-order valence-electron chi connectivity index (χ3n) is 3.16. The van der Waals surface area contributed by atoms with Crippen molar-refractivity contribution in [3.8, 4) is 0 Å². The minimum Gasteiger partial charge on any atom is -0.356 e. The molecule has 0 aliphatic carbocycles. The largest absolute Gasteiger partial charge is 0.356 e. The Morgan fingerprint density at radius 2 is 2.00 bits per heavy atom. The number of benzene rings is 2. The molecule has 0 N–H and O–H groups in total. The van der Waals surface area contributed by atoms with Crippen LogP contribution in [-0.2, 0) is 18.1 Å². The molecule has 0 atom stereocenters. The molecule has 1 aromatic heterocycles. The summed E-state index contributed by atoms with van der Waals surface area (Å²) in [4.78, 5) is 14.6. The number of nitro benzene ring substituents is 1. The van der Waals surface area contributed by atoms with Gasteiger partial charge in [0.15, 0.2) is 0 Å². The fraction of sp³-hybridized carbons (Fsp3) is 0.133. The number of non-ortho nitro benzene ring substituents is 1. The van der Waals surface area contributed by atoms with Gasteiger partial charge in [0.25, 0.3) is 5.69 Å². The Labute approximate surface area is 120 Å². The van der Waals surface area contributed by atoms with E-state index in [2.05, 4.69) is 4.98 Å². The van der Waals surface area contributed by atoms with Crippen LogP contribution in [0.5, 0.6) is 0 Å². The second-order valence-corrected chi connectivity index (χ2v) is 4.61. The first-order valence-electron chi connectivity index (χ1n) is 6.45. The fourth-order valence-electron chi connectivity index (χ4n) is 2.10. The van der Waals surface area contributed by atoms with E-state index in [9.17, 15) is 10.1 Å². The van der Waals surface area contributed by atoms with E-state index in [1.54, 1.807) is 17.0 Å². The SMILES string of the molecule is O=[N+]([O-])c1ccc2ncn(COCc3ccccc3)c2c1. The molecule has 0 radical (unpaired) electrons. The van der Waals surface area contributed by atoms with Gasteiger partial charge in [0.2, 0.25) is 0 Å². The van der Waals surface area contributed by atoms with E-state index >= 15 is 0 Å². The standard InChI is InChI=1S/C15H13N3O3/c19-18(20)13-6-7-14-15(8-13)17(10-16-14)11-21-9-12-4-2-1-3-5-12/h1-8,10H,9,11H2. The van der Waals surface area contributed by atoms with Crippen LogP contribution in [0.25, 0.3) is 11.0 Å². The monoisotopic (exact) mass is 283 g/mol. The van der Waals surface area contributed by atoms with Crippen LogP contribution in [0.4, 0.5) is 5.69 Å². The van der Waals surface area contributed by atoms with E-state index in [1.807, 2.05) is 30.3 Å². The van der Waals surface area contributed by atoms with Gasteiger partial charge in [-0.1, -0.05) is 30.3 Å². The van der Waals surface area contributed by atoms with Crippen molar-refractivity contribution < 1.29 is 9.66 Å². The number of aromatic nitrogens is 2. The van der Waals surface area contributed by atoms with E-state index in [1.165, 1.54) is 12.1 Å². The summed E-state index contributed by atoms with van der Waals surface area (Å²) in [6.07, 6.45) is 1.62. The van der Waals surface area contributed by atoms with Gasteiger partial charge in [-0.15, -0.1) is 0 Å². The van der Waals surface area contributed by atoms with Gasteiger partial charge in [0, 0.05) is 12.1 Å². The number of ether oxygens (including phenoxy) is 1. The molecule has 0 saturated heterocycles. The maximum Gasteiger partial charge on any atom is 0.271 e. The molecule has 0 saturated carbocycles. The highest BCUT2D eigenvalue weighted by Crippen LogP contribution is 2.20. The number of imidazole rings is 1. The van der Waals surface area contributed by atoms with Gasteiger partial charge in [0.05, 0.1) is 28.9 Å². The molecule has 21 heavy (non-hydrogen) atoms. The van der Waals surface area contributed by atoms with Gasteiger partial charge in [-0.25, -0.2) is 4.98 Å². The molecule has 6 heteroatoms. The minimum absolute atomic E-state index is 0.0484. The Balaban J connectivity index is 1.74. The number of hydrogen-bond acceptors (Lipinski definition) is 4. The fourth-order valence-corrected chi connectivity index (χ4v) is 2.10. The van der Waals surface area contributed by atoms with Crippen LogP contribution in [0.1, 0.15) is 5.56 Å². The predicted molar refractivity (Wildman–Crippen MR) is 77.6 cm³/mol. The quantitative estimate of drug-likeness (QED) is 0.533. The third kappa shape index (κ3) is 2.90. The molecule has 0 aliphatic heterocycles. The summed E-state index contributed by atoms with van der Waals surface area (Å²) < 4.78 is 7.38. The molecule has 2 aromatic carbocycles. The van der Waals surface area contributed by atoms with Crippen molar-refractivity contribution in [2.24, 2.45) is 0 Å². The lowest BCUT2D eigenvalue weighted by atomic mass is 10.2. The van der Waals surface area contributed by atoms with Gasteiger partial charge in [-0.3, -0.25) is 10.1 Å². The minimum atomic E-state index is -0.415. The maximum absolute atomic E-state index is 10.8. The van der Waals surface area contributed by atoms with E-state index in [0.29, 0.717) is 24.4 Å². The third-order valence-corrected chi connectivity index (χ3v) is 3.16. The summed E-state index contributed by atoms with van der Waals surface area (Å²) in [5, 5.41) is 10.8. The lowest BCUT2D eigenvalue weighted by Crippen LogP contribution is -2.01. The molecular weight excluding hydrogens is 270 g/mol. The summed E-state index contributed by atoms with van der Waals surface area (Å²) in [5.41, 5.74) is 2.53. The average Bonchev–Trinajstić information content (AvgIpc) is 2.91. The summed E-state index contributed by atoms with van der Waals surface area (Å²) >= 11 is 0. The zero-order valence-electron chi connectivity index (χ0n) is 11.2. The summed E-state index contributed by atoms with van der Waals surface area (Å²) in [6.45, 7) is 0.780. The van der Waals surface area contributed by atoms with Crippen LogP contribution >= 0.6 is 0 Å². The maximum atomic E-state index is 10.8. The molecule has 0 amide bonds. The molecule has 0 fully saturated rings. The second kappa shape index (κ2) is 5.72. The first kappa shape index (κ1) is 13.3. The van der Waals surface area contributed by atoms with Crippen molar-refractivity contribution in [3.63, 3.8) is 0 Å². The van der Waals surface area contributed by atoms with Gasteiger partial charge >= 0.3 is 0 Å². The van der Waals surface area contributed by atoms with Gasteiger partial charge < -0.3 is 9.30 Å². The zero-order chi connectivity index (χ0) is 14.7. The molecule has 0 aliphatic rings. The predicted octanol–water partition coefficient (Wildman–Crippen LogP) is 3.12. The Bertz CT molecular complexity index is 768. The van der Waals surface area contributed by atoms with E-state index in [0.717, 1.165) is 5.56 Å². The van der Waals surface area contributed by atoms with Gasteiger partial charge in [0.1, 0.15) is 6.73 Å². The first-order chi connectivity index (χ1) is 10.2. The zero-order valence-corrected chi connectivity index (χ0v) is 11.2. The Morgan fingerprint density at radius 1 is 1.19 bits per heavy atom. The van der Waals surface area contributed by atoms with E-state index < -0.39 is 4.92 Å². The number of nitro groups is 1. The molecule has 0 spiro atoms. The molecule has 3 aromatic rings. The molecule has 1 heterocycles. The van der Waals surface area contributed by atoms with Crippen LogP contribution in [0.15, 0.2) is 54.9 Å². The lowest BCUT2D eigenvalue weighted by Gasteiger charge is -2.06. The highest BCUT2D eigenvalue weighted by molar-refractivity contribution is 5.77. The molecule has 3 rings (SSSR count). The van der Waals surface area contributed by atoms with Crippen molar-refractivity contribution >= 4 is 16.7 Å². The van der Waals surface area contributed by atoms with Crippen LogP contribution in [0, 0.1) is 10.1 Å². The lowest BCUT2D eigenvalue weighted by molar-refractivity contribution is -0.384. The first-order valence-corrected chi connectivity index (χ1v) is 6.45. The van der Waals surface area contributed by atoms with Crippen LogP contribution < -0.4 is 0 Å². The van der Waals surface area contributed by atoms with Crippen LogP contribution in [0.3, 0.4) is 0 Å². The number of rotatable bonds is 5. The van der Waals surface area contributed by atoms with Crippen molar-refractivity contribution in [2.45, 2.75) is 13.3 Å². The summed E-state index contributed by atoms with van der Waals surface area (Å²) in [6, 6.07) is 14.4. The normalized spacial score (nSPS) is 10.9. The molecule has 106 valence electrons. The smallest absolute Gasteiger partial charge is 0.271 e. The summed E-state index contributed by atoms with van der Waals surface area (Å²) in [5.74, 6) is 0. The van der Waals surface area contributed by atoms with E-state index in [-0.39, 0.29) is 5.69 Å². The van der Waals surface area contributed by atoms with E-state index in [4.69, 9.17) is 4.74 Å². The Morgan fingerprint density at radius 3 is 2.76 bits per heavy atom. The molecule has 0 unspecified atom stereocenters.